The first kappa shape index (κ1) is 15.2. The van der Waals surface area contributed by atoms with Crippen molar-refractivity contribution in [3.05, 3.63) is 66.2 Å². The van der Waals surface area contributed by atoms with Gasteiger partial charge in [0.25, 0.3) is 5.91 Å². The predicted octanol–water partition coefficient (Wildman–Crippen LogP) is 3.92. The van der Waals surface area contributed by atoms with Crippen molar-refractivity contribution in [1.82, 2.24) is 0 Å². The summed E-state index contributed by atoms with van der Waals surface area (Å²) in [5.74, 6) is 0.721. The zero-order valence-electron chi connectivity index (χ0n) is 13.3. The van der Waals surface area contributed by atoms with Gasteiger partial charge in [-0.3, -0.25) is 4.79 Å². The van der Waals surface area contributed by atoms with Gasteiger partial charge in [0.15, 0.2) is 0 Å². The molecule has 23 heavy (non-hydrogen) atoms. The Morgan fingerprint density at radius 3 is 2.57 bits per heavy atom. The van der Waals surface area contributed by atoms with E-state index in [2.05, 4.69) is 17.2 Å². The SMILES string of the molecule is C=C(C)CC1(Nc2ccc(OC)cc2)C(=O)Nc2ccccc21. The molecular formula is C19H20N2O2. The number of benzene rings is 2. The third-order valence-electron chi connectivity index (χ3n) is 4.04. The van der Waals surface area contributed by atoms with E-state index in [0.29, 0.717) is 6.42 Å². The third kappa shape index (κ3) is 2.68. The Bertz CT molecular complexity index is 752. The van der Waals surface area contributed by atoms with Gasteiger partial charge in [-0.1, -0.05) is 23.8 Å². The van der Waals surface area contributed by atoms with Gasteiger partial charge in [0, 0.05) is 23.4 Å². The lowest BCUT2D eigenvalue weighted by Gasteiger charge is -2.30. The summed E-state index contributed by atoms with van der Waals surface area (Å²) in [7, 11) is 1.63. The van der Waals surface area contributed by atoms with Crippen molar-refractivity contribution in [1.29, 1.82) is 0 Å². The van der Waals surface area contributed by atoms with Gasteiger partial charge in [-0.25, -0.2) is 0 Å². The monoisotopic (exact) mass is 308 g/mol. The molecule has 1 aliphatic rings. The van der Waals surface area contributed by atoms with E-state index < -0.39 is 5.54 Å². The van der Waals surface area contributed by atoms with E-state index in [1.54, 1.807) is 7.11 Å². The number of carbonyl (C=O) groups is 1. The van der Waals surface area contributed by atoms with Crippen molar-refractivity contribution in [2.45, 2.75) is 18.9 Å². The van der Waals surface area contributed by atoms with Gasteiger partial charge in [-0.05, 0) is 37.3 Å². The topological polar surface area (TPSA) is 50.4 Å². The molecule has 1 heterocycles. The van der Waals surface area contributed by atoms with E-state index >= 15 is 0 Å². The summed E-state index contributed by atoms with van der Waals surface area (Å²) in [6, 6.07) is 15.3. The first-order valence-corrected chi connectivity index (χ1v) is 7.53. The van der Waals surface area contributed by atoms with E-state index in [1.807, 2.05) is 55.5 Å². The van der Waals surface area contributed by atoms with Crippen LogP contribution < -0.4 is 15.4 Å². The molecule has 3 rings (SSSR count). The van der Waals surface area contributed by atoms with Crippen LogP contribution in [0.15, 0.2) is 60.7 Å². The average molecular weight is 308 g/mol. The number of hydrogen-bond donors (Lipinski definition) is 2. The maximum Gasteiger partial charge on any atom is 0.255 e. The second kappa shape index (κ2) is 5.80. The van der Waals surface area contributed by atoms with Crippen LogP contribution in [0.4, 0.5) is 11.4 Å². The van der Waals surface area contributed by atoms with Crippen LogP contribution in [0, 0.1) is 0 Å². The average Bonchev–Trinajstić information content (AvgIpc) is 2.80. The fraction of sp³-hybridized carbons (Fsp3) is 0.211. The Hall–Kier alpha value is -2.75. The molecule has 1 amide bonds. The van der Waals surface area contributed by atoms with E-state index in [9.17, 15) is 4.79 Å². The molecule has 4 nitrogen and oxygen atoms in total. The fourth-order valence-corrected chi connectivity index (χ4v) is 3.03. The van der Waals surface area contributed by atoms with Gasteiger partial charge < -0.3 is 15.4 Å². The lowest BCUT2D eigenvalue weighted by atomic mass is 9.85. The highest BCUT2D eigenvalue weighted by Crippen LogP contribution is 2.42. The Kier molecular flexibility index (Phi) is 3.82. The summed E-state index contributed by atoms with van der Waals surface area (Å²) >= 11 is 0. The van der Waals surface area contributed by atoms with Crippen LogP contribution in [-0.4, -0.2) is 13.0 Å². The quantitative estimate of drug-likeness (QED) is 0.823. The molecule has 2 aromatic carbocycles. The minimum atomic E-state index is -0.836. The molecule has 1 atom stereocenters. The van der Waals surface area contributed by atoms with Crippen molar-refractivity contribution in [2.24, 2.45) is 0 Å². The number of methoxy groups -OCH3 is 1. The molecule has 0 radical (unpaired) electrons. The molecule has 0 bridgehead atoms. The first-order chi connectivity index (χ1) is 11.0. The molecular weight excluding hydrogens is 288 g/mol. The maximum atomic E-state index is 12.8. The predicted molar refractivity (Wildman–Crippen MR) is 92.8 cm³/mol. The number of carbonyl (C=O) groups excluding carboxylic acids is 1. The molecule has 0 saturated heterocycles. The van der Waals surface area contributed by atoms with Crippen LogP contribution in [0.2, 0.25) is 0 Å². The second-order valence-corrected chi connectivity index (χ2v) is 5.89. The fourth-order valence-electron chi connectivity index (χ4n) is 3.03. The number of rotatable bonds is 5. The number of fused-ring (bicyclic) bond motifs is 1. The molecule has 0 aromatic heterocycles. The van der Waals surface area contributed by atoms with Gasteiger partial charge >= 0.3 is 0 Å². The molecule has 2 aromatic rings. The Balaban J connectivity index is 2.03. The van der Waals surface area contributed by atoms with E-state index in [4.69, 9.17) is 4.74 Å². The number of amides is 1. The highest BCUT2D eigenvalue weighted by atomic mass is 16.5. The van der Waals surface area contributed by atoms with Crippen LogP contribution in [0.5, 0.6) is 5.75 Å². The van der Waals surface area contributed by atoms with Gasteiger partial charge in [-0.15, -0.1) is 6.58 Å². The Labute approximate surface area is 136 Å². The summed E-state index contributed by atoms with van der Waals surface area (Å²) in [5, 5.41) is 6.38. The molecule has 2 N–H and O–H groups in total. The van der Waals surface area contributed by atoms with Crippen LogP contribution in [0.25, 0.3) is 0 Å². The number of nitrogens with one attached hydrogen (secondary N) is 2. The zero-order chi connectivity index (χ0) is 16.4. The molecule has 1 unspecified atom stereocenters. The highest BCUT2D eigenvalue weighted by molar-refractivity contribution is 6.07. The smallest absolute Gasteiger partial charge is 0.255 e. The van der Waals surface area contributed by atoms with Crippen molar-refractivity contribution in [2.75, 3.05) is 17.7 Å². The molecule has 0 fully saturated rings. The summed E-state index contributed by atoms with van der Waals surface area (Å²) in [6.07, 6.45) is 0.530. The number of para-hydroxylation sites is 1. The van der Waals surface area contributed by atoms with Crippen molar-refractivity contribution in [3.8, 4) is 5.75 Å². The molecule has 4 heteroatoms. The van der Waals surface area contributed by atoms with Crippen LogP contribution in [0.3, 0.4) is 0 Å². The van der Waals surface area contributed by atoms with Crippen LogP contribution in [0.1, 0.15) is 18.9 Å². The van der Waals surface area contributed by atoms with E-state index in [1.165, 1.54) is 0 Å². The summed E-state index contributed by atoms with van der Waals surface area (Å²) in [4.78, 5) is 12.8. The van der Waals surface area contributed by atoms with Crippen molar-refractivity contribution >= 4 is 17.3 Å². The minimum absolute atomic E-state index is 0.0579. The van der Waals surface area contributed by atoms with E-state index in [-0.39, 0.29) is 5.91 Å². The van der Waals surface area contributed by atoms with Gasteiger partial charge in [0.2, 0.25) is 0 Å². The highest BCUT2D eigenvalue weighted by Gasteiger charge is 2.46. The van der Waals surface area contributed by atoms with Crippen molar-refractivity contribution in [3.63, 3.8) is 0 Å². The van der Waals surface area contributed by atoms with Gasteiger partial charge in [-0.2, -0.15) is 0 Å². The zero-order valence-corrected chi connectivity index (χ0v) is 13.3. The van der Waals surface area contributed by atoms with Crippen LogP contribution in [-0.2, 0) is 10.3 Å². The molecule has 1 aliphatic heterocycles. The summed E-state index contributed by atoms with van der Waals surface area (Å²) in [5.41, 5.74) is 2.76. The first-order valence-electron chi connectivity index (χ1n) is 7.53. The lowest BCUT2D eigenvalue weighted by Crippen LogP contribution is -2.42. The van der Waals surface area contributed by atoms with Gasteiger partial charge in [0.05, 0.1) is 7.11 Å². The largest absolute Gasteiger partial charge is 0.497 e. The molecule has 0 saturated carbocycles. The standard InChI is InChI=1S/C19H20N2O2/c1-13(2)12-19(21-14-8-10-15(23-3)11-9-14)16-6-4-5-7-17(16)20-18(19)22/h4-11,21H,1,12H2,2-3H3,(H,20,22). The summed E-state index contributed by atoms with van der Waals surface area (Å²) in [6.45, 7) is 5.94. The number of anilines is 2. The third-order valence-corrected chi connectivity index (χ3v) is 4.04. The van der Waals surface area contributed by atoms with Crippen molar-refractivity contribution < 1.29 is 9.53 Å². The molecule has 0 aliphatic carbocycles. The normalized spacial score (nSPS) is 19.0. The number of hydrogen-bond acceptors (Lipinski definition) is 3. The second-order valence-electron chi connectivity index (χ2n) is 5.89. The number of ether oxygens (including phenoxy) is 1. The van der Waals surface area contributed by atoms with Crippen LogP contribution >= 0.6 is 0 Å². The van der Waals surface area contributed by atoms with E-state index in [0.717, 1.165) is 28.3 Å². The molecule has 0 spiro atoms. The Morgan fingerprint density at radius 2 is 1.91 bits per heavy atom. The van der Waals surface area contributed by atoms with Gasteiger partial charge in [0.1, 0.15) is 11.3 Å². The maximum absolute atomic E-state index is 12.8. The Morgan fingerprint density at radius 1 is 1.22 bits per heavy atom. The summed E-state index contributed by atoms with van der Waals surface area (Å²) < 4.78 is 5.19. The molecule has 118 valence electrons. The minimum Gasteiger partial charge on any atom is -0.497 e. The lowest BCUT2D eigenvalue weighted by molar-refractivity contribution is -0.119.